The Morgan fingerprint density at radius 2 is 2.19 bits per heavy atom. The van der Waals surface area contributed by atoms with Crippen LogP contribution in [0.15, 0.2) is 18.2 Å². The predicted octanol–water partition coefficient (Wildman–Crippen LogP) is 3.46. The third-order valence-electron chi connectivity index (χ3n) is 2.53. The quantitative estimate of drug-likeness (QED) is 0.562. The van der Waals surface area contributed by atoms with Gasteiger partial charge in [-0.2, -0.15) is 0 Å². The van der Waals surface area contributed by atoms with Gasteiger partial charge in [0.15, 0.2) is 5.78 Å². The molecule has 0 saturated carbocycles. The molecular formula is C13H17ClO2. The summed E-state index contributed by atoms with van der Waals surface area (Å²) < 4.78 is 5.14. The Labute approximate surface area is 102 Å². The Balaban J connectivity index is 2.90. The van der Waals surface area contributed by atoms with Crippen molar-refractivity contribution in [2.75, 3.05) is 13.0 Å². The van der Waals surface area contributed by atoms with Gasteiger partial charge in [-0.3, -0.25) is 4.79 Å². The van der Waals surface area contributed by atoms with Crippen LogP contribution in [0.1, 0.15) is 35.7 Å². The number of carbonyl (C=O) groups excluding carboxylic acids is 1. The third-order valence-corrected chi connectivity index (χ3v) is 2.80. The molecule has 0 radical (unpaired) electrons. The van der Waals surface area contributed by atoms with Gasteiger partial charge in [0, 0.05) is 17.9 Å². The number of carbonyl (C=O) groups is 1. The van der Waals surface area contributed by atoms with E-state index in [4.69, 9.17) is 16.3 Å². The molecule has 0 amide bonds. The topological polar surface area (TPSA) is 26.3 Å². The summed E-state index contributed by atoms with van der Waals surface area (Å²) in [5.74, 6) is 1.49. The maximum absolute atomic E-state index is 11.9. The number of rotatable bonds is 6. The van der Waals surface area contributed by atoms with Gasteiger partial charge in [0.1, 0.15) is 5.75 Å². The largest absolute Gasteiger partial charge is 0.497 e. The zero-order valence-corrected chi connectivity index (χ0v) is 10.5. The first-order valence-corrected chi connectivity index (χ1v) is 6.02. The maximum Gasteiger partial charge on any atom is 0.163 e. The SMILES string of the molecule is CCc1cc(OC)ccc1C(=O)CCCCl. The second-order valence-electron chi connectivity index (χ2n) is 3.59. The fraction of sp³-hybridized carbons (Fsp3) is 0.462. The van der Waals surface area contributed by atoms with Gasteiger partial charge < -0.3 is 4.74 Å². The van der Waals surface area contributed by atoms with Crippen molar-refractivity contribution >= 4 is 17.4 Å². The van der Waals surface area contributed by atoms with E-state index in [1.54, 1.807) is 7.11 Å². The molecule has 0 N–H and O–H groups in total. The van der Waals surface area contributed by atoms with Gasteiger partial charge in [-0.25, -0.2) is 0 Å². The molecule has 0 aliphatic heterocycles. The number of ketones is 1. The molecule has 0 aliphatic rings. The summed E-state index contributed by atoms with van der Waals surface area (Å²) in [5.41, 5.74) is 1.84. The van der Waals surface area contributed by atoms with Crippen LogP contribution in [0.4, 0.5) is 0 Å². The molecule has 0 heterocycles. The van der Waals surface area contributed by atoms with E-state index in [0.29, 0.717) is 12.3 Å². The highest BCUT2D eigenvalue weighted by molar-refractivity contribution is 6.18. The summed E-state index contributed by atoms with van der Waals surface area (Å²) in [6, 6.07) is 5.59. The monoisotopic (exact) mass is 240 g/mol. The number of hydrogen-bond donors (Lipinski definition) is 0. The van der Waals surface area contributed by atoms with Crippen LogP contribution in [-0.4, -0.2) is 18.8 Å². The Morgan fingerprint density at radius 3 is 2.75 bits per heavy atom. The first-order valence-electron chi connectivity index (χ1n) is 5.49. The molecule has 1 aromatic rings. The molecule has 0 bridgehead atoms. The van der Waals surface area contributed by atoms with Crippen molar-refractivity contribution in [2.24, 2.45) is 0 Å². The Morgan fingerprint density at radius 1 is 1.44 bits per heavy atom. The van der Waals surface area contributed by atoms with E-state index in [1.807, 2.05) is 25.1 Å². The highest BCUT2D eigenvalue weighted by Gasteiger charge is 2.10. The predicted molar refractivity (Wildman–Crippen MR) is 66.7 cm³/mol. The molecule has 16 heavy (non-hydrogen) atoms. The van der Waals surface area contributed by atoms with E-state index in [0.717, 1.165) is 29.7 Å². The molecule has 0 aliphatic carbocycles. The molecule has 0 unspecified atom stereocenters. The Bertz CT molecular complexity index is 361. The van der Waals surface area contributed by atoms with E-state index >= 15 is 0 Å². The minimum Gasteiger partial charge on any atom is -0.497 e. The van der Waals surface area contributed by atoms with Crippen LogP contribution in [0.2, 0.25) is 0 Å². The summed E-state index contributed by atoms with van der Waals surface area (Å²) >= 11 is 5.58. The second-order valence-corrected chi connectivity index (χ2v) is 3.97. The van der Waals surface area contributed by atoms with Crippen LogP contribution in [0.25, 0.3) is 0 Å². The van der Waals surface area contributed by atoms with Crippen LogP contribution in [-0.2, 0) is 6.42 Å². The smallest absolute Gasteiger partial charge is 0.163 e. The standard InChI is InChI=1S/C13H17ClO2/c1-3-10-9-11(16-2)6-7-12(10)13(15)5-4-8-14/h6-7,9H,3-5,8H2,1-2H3. The van der Waals surface area contributed by atoms with Crippen LogP contribution in [0.3, 0.4) is 0 Å². The minimum absolute atomic E-state index is 0.167. The molecule has 0 fully saturated rings. The number of ether oxygens (including phenoxy) is 1. The van der Waals surface area contributed by atoms with Gasteiger partial charge in [0.05, 0.1) is 7.11 Å². The normalized spacial score (nSPS) is 10.2. The van der Waals surface area contributed by atoms with Crippen molar-refractivity contribution in [1.82, 2.24) is 0 Å². The van der Waals surface area contributed by atoms with Crippen LogP contribution in [0.5, 0.6) is 5.75 Å². The fourth-order valence-corrected chi connectivity index (χ4v) is 1.76. The van der Waals surface area contributed by atoms with Crippen molar-refractivity contribution in [3.05, 3.63) is 29.3 Å². The van der Waals surface area contributed by atoms with Crippen molar-refractivity contribution in [3.8, 4) is 5.75 Å². The van der Waals surface area contributed by atoms with Crippen molar-refractivity contribution in [3.63, 3.8) is 0 Å². The lowest BCUT2D eigenvalue weighted by Gasteiger charge is -2.08. The zero-order chi connectivity index (χ0) is 12.0. The lowest BCUT2D eigenvalue weighted by molar-refractivity contribution is 0.0981. The zero-order valence-electron chi connectivity index (χ0n) is 9.75. The van der Waals surface area contributed by atoms with Gasteiger partial charge in [-0.05, 0) is 36.6 Å². The summed E-state index contributed by atoms with van der Waals surface area (Å²) in [6.07, 6.45) is 2.08. The summed E-state index contributed by atoms with van der Waals surface area (Å²) in [4.78, 5) is 11.9. The molecule has 1 rings (SSSR count). The average molecular weight is 241 g/mol. The summed E-state index contributed by atoms with van der Waals surface area (Å²) in [6.45, 7) is 2.03. The van der Waals surface area contributed by atoms with E-state index in [1.165, 1.54) is 0 Å². The first-order chi connectivity index (χ1) is 7.72. The van der Waals surface area contributed by atoms with Crippen LogP contribution in [0, 0.1) is 0 Å². The van der Waals surface area contributed by atoms with Crippen molar-refractivity contribution in [1.29, 1.82) is 0 Å². The number of hydrogen-bond acceptors (Lipinski definition) is 2. The molecule has 0 aromatic heterocycles. The number of halogens is 1. The number of benzene rings is 1. The lowest BCUT2D eigenvalue weighted by Crippen LogP contribution is -2.04. The van der Waals surface area contributed by atoms with E-state index < -0.39 is 0 Å². The van der Waals surface area contributed by atoms with Gasteiger partial charge in [0.2, 0.25) is 0 Å². The molecule has 2 nitrogen and oxygen atoms in total. The maximum atomic E-state index is 11.9. The number of aryl methyl sites for hydroxylation is 1. The van der Waals surface area contributed by atoms with E-state index in [-0.39, 0.29) is 5.78 Å². The molecule has 88 valence electrons. The van der Waals surface area contributed by atoms with Gasteiger partial charge in [-0.1, -0.05) is 6.92 Å². The van der Waals surface area contributed by atoms with Gasteiger partial charge in [-0.15, -0.1) is 11.6 Å². The minimum atomic E-state index is 0.167. The fourth-order valence-electron chi connectivity index (χ4n) is 1.62. The number of methoxy groups -OCH3 is 1. The van der Waals surface area contributed by atoms with Crippen molar-refractivity contribution in [2.45, 2.75) is 26.2 Å². The number of alkyl halides is 1. The number of Topliss-reactive ketones (excluding diaryl/α,β-unsaturated/α-hetero) is 1. The molecule has 1 aromatic carbocycles. The second kappa shape index (κ2) is 6.54. The van der Waals surface area contributed by atoms with E-state index in [9.17, 15) is 4.79 Å². The molecule has 0 atom stereocenters. The third kappa shape index (κ3) is 3.24. The molecule has 0 saturated heterocycles. The summed E-state index contributed by atoms with van der Waals surface area (Å²) in [7, 11) is 1.63. The highest BCUT2D eigenvalue weighted by Crippen LogP contribution is 2.20. The Hall–Kier alpha value is -1.02. The Kier molecular flexibility index (Phi) is 5.33. The lowest BCUT2D eigenvalue weighted by atomic mass is 9.99. The molecular weight excluding hydrogens is 224 g/mol. The van der Waals surface area contributed by atoms with Gasteiger partial charge in [0.25, 0.3) is 0 Å². The van der Waals surface area contributed by atoms with Gasteiger partial charge >= 0.3 is 0 Å². The van der Waals surface area contributed by atoms with E-state index in [2.05, 4.69) is 0 Å². The van der Waals surface area contributed by atoms with Crippen molar-refractivity contribution < 1.29 is 9.53 Å². The molecule has 0 spiro atoms. The van der Waals surface area contributed by atoms with Crippen LogP contribution < -0.4 is 4.74 Å². The van der Waals surface area contributed by atoms with Crippen LogP contribution >= 0.6 is 11.6 Å². The highest BCUT2D eigenvalue weighted by atomic mass is 35.5. The summed E-state index contributed by atoms with van der Waals surface area (Å²) in [5, 5.41) is 0. The molecule has 3 heteroatoms. The average Bonchev–Trinajstić information content (AvgIpc) is 2.34. The first kappa shape index (κ1) is 13.0.